The van der Waals surface area contributed by atoms with Crippen LogP contribution in [0.15, 0.2) is 12.4 Å². The number of anilines is 1. The lowest BCUT2D eigenvalue weighted by molar-refractivity contribution is -0.135. The van der Waals surface area contributed by atoms with Crippen LogP contribution < -0.4 is 9.64 Å². The fourth-order valence-electron chi connectivity index (χ4n) is 4.49. The minimum absolute atomic E-state index is 0.0727. The lowest BCUT2D eigenvalue weighted by Crippen LogP contribution is -2.53. The number of amides is 1. The molecule has 148 valence electrons. The Kier molecular flexibility index (Phi) is 5.76. The van der Waals surface area contributed by atoms with Crippen molar-refractivity contribution < 1.29 is 9.53 Å². The second-order valence-corrected chi connectivity index (χ2v) is 8.04. The van der Waals surface area contributed by atoms with E-state index >= 15 is 0 Å². The van der Waals surface area contributed by atoms with Gasteiger partial charge in [0.1, 0.15) is 6.10 Å². The topological polar surface area (TPSA) is 61.8 Å². The summed E-state index contributed by atoms with van der Waals surface area (Å²) < 4.78 is 6.06. The number of carbonyl (C=O) groups is 1. The number of aromatic nitrogens is 2. The first-order chi connectivity index (χ1) is 13.2. The van der Waals surface area contributed by atoms with Gasteiger partial charge < -0.3 is 14.5 Å². The van der Waals surface area contributed by atoms with E-state index in [2.05, 4.69) is 26.8 Å². The van der Waals surface area contributed by atoms with Crippen LogP contribution in [-0.4, -0.2) is 77.6 Å². The van der Waals surface area contributed by atoms with Crippen LogP contribution in [0.4, 0.5) is 5.82 Å². The standard InChI is InChI=1S/C20H31N5O2/c1-23-9-5-8-17(23)20(26)25-12-10-24(11-13-25)18-14-21-15-19(22-18)27-16-6-3-2-4-7-16/h14-17H,2-13H2,1H3. The molecule has 0 spiro atoms. The normalized spacial score (nSPS) is 25.0. The predicted molar refractivity (Wildman–Crippen MR) is 104 cm³/mol. The van der Waals surface area contributed by atoms with E-state index in [0.29, 0.717) is 5.88 Å². The van der Waals surface area contributed by atoms with Crippen molar-refractivity contribution >= 4 is 11.7 Å². The quantitative estimate of drug-likeness (QED) is 0.804. The number of rotatable bonds is 4. The van der Waals surface area contributed by atoms with Gasteiger partial charge in [0.25, 0.3) is 0 Å². The number of nitrogens with zero attached hydrogens (tertiary/aromatic N) is 5. The van der Waals surface area contributed by atoms with Crippen molar-refractivity contribution in [3.05, 3.63) is 12.4 Å². The molecule has 0 bridgehead atoms. The predicted octanol–water partition coefficient (Wildman–Crippen LogP) is 1.93. The summed E-state index contributed by atoms with van der Waals surface area (Å²) in [7, 11) is 2.05. The number of carbonyl (C=O) groups excluding carboxylic acids is 1. The molecule has 1 aromatic heterocycles. The molecule has 2 aliphatic heterocycles. The van der Waals surface area contributed by atoms with E-state index in [1.165, 1.54) is 19.3 Å². The molecule has 0 N–H and O–H groups in total. The van der Waals surface area contributed by atoms with Gasteiger partial charge in [-0.1, -0.05) is 6.42 Å². The van der Waals surface area contributed by atoms with Gasteiger partial charge in [0, 0.05) is 26.2 Å². The number of ether oxygens (including phenoxy) is 1. The average molecular weight is 374 g/mol. The molecule has 1 aliphatic carbocycles. The molecular weight excluding hydrogens is 342 g/mol. The summed E-state index contributed by atoms with van der Waals surface area (Å²) >= 11 is 0. The third kappa shape index (κ3) is 4.34. The van der Waals surface area contributed by atoms with Gasteiger partial charge in [0.2, 0.25) is 11.8 Å². The molecular formula is C20H31N5O2. The molecule has 7 nitrogen and oxygen atoms in total. The van der Waals surface area contributed by atoms with Crippen LogP contribution in [0.1, 0.15) is 44.9 Å². The minimum Gasteiger partial charge on any atom is -0.473 e. The van der Waals surface area contributed by atoms with Crippen molar-refractivity contribution in [2.45, 2.75) is 57.1 Å². The molecule has 4 rings (SSSR count). The smallest absolute Gasteiger partial charge is 0.240 e. The van der Waals surface area contributed by atoms with Crippen molar-refractivity contribution in [3.63, 3.8) is 0 Å². The average Bonchev–Trinajstić information content (AvgIpc) is 3.14. The monoisotopic (exact) mass is 373 g/mol. The highest BCUT2D eigenvalue weighted by atomic mass is 16.5. The Labute approximate surface area is 161 Å². The Bertz CT molecular complexity index is 641. The van der Waals surface area contributed by atoms with Crippen LogP contribution in [0.5, 0.6) is 5.88 Å². The highest BCUT2D eigenvalue weighted by Gasteiger charge is 2.33. The van der Waals surface area contributed by atoms with Gasteiger partial charge in [0.15, 0.2) is 5.82 Å². The highest BCUT2D eigenvalue weighted by molar-refractivity contribution is 5.82. The number of hydrogen-bond donors (Lipinski definition) is 0. The van der Waals surface area contributed by atoms with E-state index in [-0.39, 0.29) is 18.1 Å². The van der Waals surface area contributed by atoms with Crippen LogP contribution in [-0.2, 0) is 4.79 Å². The fourth-order valence-corrected chi connectivity index (χ4v) is 4.49. The van der Waals surface area contributed by atoms with Gasteiger partial charge in [-0.05, 0) is 52.1 Å². The largest absolute Gasteiger partial charge is 0.473 e. The third-order valence-electron chi connectivity index (χ3n) is 6.16. The molecule has 1 aromatic rings. The Balaban J connectivity index is 1.32. The van der Waals surface area contributed by atoms with Gasteiger partial charge in [-0.2, -0.15) is 4.98 Å². The third-order valence-corrected chi connectivity index (χ3v) is 6.16. The van der Waals surface area contributed by atoms with Gasteiger partial charge >= 0.3 is 0 Å². The van der Waals surface area contributed by atoms with E-state index in [4.69, 9.17) is 4.74 Å². The Morgan fingerprint density at radius 2 is 1.78 bits per heavy atom. The molecule has 1 unspecified atom stereocenters. The summed E-state index contributed by atoms with van der Waals surface area (Å²) in [4.78, 5) is 28.2. The summed E-state index contributed by atoms with van der Waals surface area (Å²) in [5.41, 5.74) is 0. The summed E-state index contributed by atoms with van der Waals surface area (Å²) in [6.07, 6.45) is 11.9. The lowest BCUT2D eigenvalue weighted by atomic mass is 9.98. The van der Waals surface area contributed by atoms with Crippen molar-refractivity contribution in [3.8, 4) is 5.88 Å². The number of likely N-dealkylation sites (tertiary alicyclic amines) is 1. The first-order valence-electron chi connectivity index (χ1n) is 10.4. The molecule has 2 saturated heterocycles. The van der Waals surface area contributed by atoms with Gasteiger partial charge in [-0.3, -0.25) is 14.7 Å². The van der Waals surface area contributed by atoms with E-state index < -0.39 is 0 Å². The number of likely N-dealkylation sites (N-methyl/N-ethyl adjacent to an activating group) is 1. The molecule has 3 aliphatic rings. The Hall–Kier alpha value is -1.89. The van der Waals surface area contributed by atoms with Crippen molar-refractivity contribution in [2.75, 3.05) is 44.7 Å². The van der Waals surface area contributed by atoms with Crippen LogP contribution in [0.3, 0.4) is 0 Å². The summed E-state index contributed by atoms with van der Waals surface area (Å²) in [6, 6.07) is 0.0727. The Morgan fingerprint density at radius 3 is 2.48 bits per heavy atom. The van der Waals surface area contributed by atoms with Gasteiger partial charge in [-0.25, -0.2) is 0 Å². The number of hydrogen-bond acceptors (Lipinski definition) is 6. The molecule has 1 atom stereocenters. The van der Waals surface area contributed by atoms with Gasteiger partial charge in [-0.15, -0.1) is 0 Å². The zero-order chi connectivity index (χ0) is 18.6. The molecule has 3 heterocycles. The molecule has 1 amide bonds. The second kappa shape index (κ2) is 8.42. The van der Waals surface area contributed by atoms with Crippen molar-refractivity contribution in [1.82, 2.24) is 19.8 Å². The zero-order valence-corrected chi connectivity index (χ0v) is 16.3. The van der Waals surface area contributed by atoms with E-state index in [0.717, 1.165) is 64.2 Å². The van der Waals surface area contributed by atoms with Crippen LogP contribution in [0, 0.1) is 0 Å². The maximum Gasteiger partial charge on any atom is 0.240 e. The maximum absolute atomic E-state index is 12.7. The SMILES string of the molecule is CN1CCCC1C(=O)N1CCN(c2cncc(OC3CCCCC3)n2)CC1. The first kappa shape index (κ1) is 18.5. The van der Waals surface area contributed by atoms with E-state index in [1.807, 2.05) is 4.90 Å². The lowest BCUT2D eigenvalue weighted by Gasteiger charge is -2.37. The fraction of sp³-hybridized carbons (Fsp3) is 0.750. The molecule has 7 heteroatoms. The van der Waals surface area contributed by atoms with Crippen molar-refractivity contribution in [1.29, 1.82) is 0 Å². The van der Waals surface area contributed by atoms with Gasteiger partial charge in [0.05, 0.1) is 18.4 Å². The summed E-state index contributed by atoms with van der Waals surface area (Å²) in [5.74, 6) is 1.77. The summed E-state index contributed by atoms with van der Waals surface area (Å²) in [5, 5.41) is 0. The van der Waals surface area contributed by atoms with Crippen LogP contribution in [0.25, 0.3) is 0 Å². The van der Waals surface area contributed by atoms with Crippen molar-refractivity contribution in [2.24, 2.45) is 0 Å². The minimum atomic E-state index is 0.0727. The van der Waals surface area contributed by atoms with Crippen LogP contribution >= 0.6 is 0 Å². The van der Waals surface area contributed by atoms with E-state index in [9.17, 15) is 4.79 Å². The molecule has 0 radical (unpaired) electrons. The van der Waals surface area contributed by atoms with Crippen LogP contribution in [0.2, 0.25) is 0 Å². The second-order valence-electron chi connectivity index (χ2n) is 8.04. The summed E-state index contributed by atoms with van der Waals surface area (Å²) in [6.45, 7) is 4.12. The first-order valence-corrected chi connectivity index (χ1v) is 10.4. The Morgan fingerprint density at radius 1 is 1.00 bits per heavy atom. The van der Waals surface area contributed by atoms with E-state index in [1.54, 1.807) is 12.4 Å². The molecule has 3 fully saturated rings. The number of piperazine rings is 1. The zero-order valence-electron chi connectivity index (χ0n) is 16.3. The molecule has 0 aromatic carbocycles. The highest BCUT2D eigenvalue weighted by Crippen LogP contribution is 2.24. The maximum atomic E-state index is 12.7. The molecule has 27 heavy (non-hydrogen) atoms. The molecule has 1 saturated carbocycles.